The molecule has 0 aliphatic heterocycles. The second kappa shape index (κ2) is 11.4. The van der Waals surface area contributed by atoms with Crippen molar-refractivity contribution in [3.8, 4) is 11.1 Å². The molecule has 0 aliphatic rings. The van der Waals surface area contributed by atoms with Crippen molar-refractivity contribution in [2.45, 2.75) is 19.6 Å². The number of halogens is 2. The Morgan fingerprint density at radius 2 is 1.06 bits per heavy atom. The summed E-state index contributed by atoms with van der Waals surface area (Å²) in [7, 11) is 0. The first-order valence-corrected chi connectivity index (χ1v) is 13.7. The molecule has 36 heavy (non-hydrogen) atoms. The predicted octanol–water partition coefficient (Wildman–Crippen LogP) is 10.2. The Balaban J connectivity index is 1.32. The molecule has 5 aromatic carbocycles. The van der Waals surface area contributed by atoms with Crippen LogP contribution < -0.4 is 0 Å². The normalized spacial score (nSPS) is 10.8. The van der Waals surface area contributed by atoms with Gasteiger partial charge in [-0.15, -0.1) is 0 Å². The van der Waals surface area contributed by atoms with E-state index < -0.39 is 0 Å². The third-order valence-corrected chi connectivity index (χ3v) is 8.12. The van der Waals surface area contributed by atoms with Gasteiger partial charge < -0.3 is 0 Å². The van der Waals surface area contributed by atoms with E-state index in [1.807, 2.05) is 91.0 Å². The zero-order chi connectivity index (χ0) is 24.9. The molecule has 0 spiro atoms. The van der Waals surface area contributed by atoms with Crippen molar-refractivity contribution in [3.05, 3.63) is 142 Å². The summed E-state index contributed by atoms with van der Waals surface area (Å²) >= 11 is 15.7. The van der Waals surface area contributed by atoms with E-state index in [2.05, 4.69) is 30.3 Å². The van der Waals surface area contributed by atoms with Crippen LogP contribution in [0, 0.1) is 0 Å². The Labute approximate surface area is 229 Å². The predicted molar refractivity (Wildman–Crippen MR) is 153 cm³/mol. The molecule has 0 saturated heterocycles. The first kappa shape index (κ1) is 24.7. The van der Waals surface area contributed by atoms with Crippen LogP contribution in [0.4, 0.5) is 0 Å². The van der Waals surface area contributed by atoms with E-state index in [-0.39, 0.29) is 5.78 Å². The number of rotatable bonds is 7. The van der Waals surface area contributed by atoms with Crippen molar-refractivity contribution in [1.82, 2.24) is 0 Å². The summed E-state index contributed by atoms with van der Waals surface area (Å²) in [6.07, 6.45) is 0. The van der Waals surface area contributed by atoms with Crippen LogP contribution in [0.2, 0.25) is 10.0 Å². The molecule has 0 heterocycles. The molecule has 0 radical (unpaired) electrons. The van der Waals surface area contributed by atoms with Crippen LogP contribution in [-0.4, -0.2) is 5.78 Å². The molecule has 0 unspecified atom stereocenters. The maximum absolute atomic E-state index is 12.6. The first-order valence-electron chi connectivity index (χ1n) is 11.3. The zero-order valence-corrected chi connectivity index (χ0v) is 22.2. The minimum Gasteiger partial charge on any atom is -0.289 e. The first-order chi connectivity index (χ1) is 17.5. The maximum atomic E-state index is 12.6. The van der Waals surface area contributed by atoms with Gasteiger partial charge in [0.25, 0.3) is 0 Å². The summed E-state index contributed by atoms with van der Waals surface area (Å²) in [4.78, 5) is 17.1. The highest BCUT2D eigenvalue weighted by atomic mass is 35.5. The molecule has 0 aliphatic carbocycles. The lowest BCUT2D eigenvalue weighted by atomic mass is 10.0. The van der Waals surface area contributed by atoms with Gasteiger partial charge in [0.1, 0.15) is 0 Å². The highest BCUT2D eigenvalue weighted by Crippen LogP contribution is 2.39. The lowest BCUT2D eigenvalue weighted by Gasteiger charge is -2.11. The maximum Gasteiger partial charge on any atom is 0.193 e. The van der Waals surface area contributed by atoms with Gasteiger partial charge in [0.05, 0.1) is 0 Å². The van der Waals surface area contributed by atoms with Gasteiger partial charge in [-0.05, 0) is 90.0 Å². The third-order valence-electron chi connectivity index (χ3n) is 5.54. The highest BCUT2D eigenvalue weighted by molar-refractivity contribution is 7.99. The molecule has 0 bridgehead atoms. The zero-order valence-electron chi connectivity index (χ0n) is 19.0. The molecule has 0 N–H and O–H groups in total. The van der Waals surface area contributed by atoms with Crippen LogP contribution in [0.5, 0.6) is 0 Å². The van der Waals surface area contributed by atoms with Gasteiger partial charge in [0.2, 0.25) is 0 Å². The van der Waals surface area contributed by atoms with Crippen molar-refractivity contribution >= 4 is 52.5 Å². The van der Waals surface area contributed by atoms with E-state index in [0.29, 0.717) is 16.1 Å². The van der Waals surface area contributed by atoms with Crippen molar-refractivity contribution in [2.75, 3.05) is 0 Å². The Bertz CT molecular complexity index is 1480. The van der Waals surface area contributed by atoms with Crippen molar-refractivity contribution in [2.24, 2.45) is 0 Å². The summed E-state index contributed by atoms with van der Waals surface area (Å²) < 4.78 is 0. The van der Waals surface area contributed by atoms with Crippen LogP contribution in [0.25, 0.3) is 11.1 Å². The third kappa shape index (κ3) is 6.05. The fourth-order valence-corrected chi connectivity index (χ4v) is 5.78. The molecule has 5 heteroatoms. The van der Waals surface area contributed by atoms with Crippen molar-refractivity contribution in [1.29, 1.82) is 0 Å². The van der Waals surface area contributed by atoms with Crippen LogP contribution in [-0.2, 0) is 0 Å². The number of hydrogen-bond donors (Lipinski definition) is 0. The average molecular weight is 544 g/mol. The summed E-state index contributed by atoms with van der Waals surface area (Å²) in [5.41, 5.74) is 3.57. The molecular formula is C31H20Cl2OS2. The van der Waals surface area contributed by atoms with Crippen LogP contribution >= 0.6 is 46.7 Å². The van der Waals surface area contributed by atoms with Gasteiger partial charge in [-0.1, -0.05) is 89.2 Å². The van der Waals surface area contributed by atoms with Gasteiger partial charge >= 0.3 is 0 Å². The second-order valence-electron chi connectivity index (χ2n) is 8.04. The molecule has 5 aromatic rings. The Hall–Kier alpha value is -2.95. The molecular weight excluding hydrogens is 523 g/mol. The lowest BCUT2D eigenvalue weighted by molar-refractivity contribution is 0.103. The second-order valence-corrected chi connectivity index (χ2v) is 11.2. The number of benzene rings is 5. The molecule has 5 rings (SSSR count). The Kier molecular flexibility index (Phi) is 7.84. The van der Waals surface area contributed by atoms with Gasteiger partial charge in [-0.2, -0.15) is 0 Å². The van der Waals surface area contributed by atoms with E-state index in [1.54, 1.807) is 23.5 Å². The number of carbonyl (C=O) groups excluding carboxylic acids is 1. The van der Waals surface area contributed by atoms with Crippen LogP contribution in [0.3, 0.4) is 0 Å². The van der Waals surface area contributed by atoms with Gasteiger partial charge in [0.15, 0.2) is 5.78 Å². The quantitative estimate of drug-likeness (QED) is 0.190. The monoisotopic (exact) mass is 542 g/mol. The molecule has 0 atom stereocenters. The van der Waals surface area contributed by atoms with E-state index >= 15 is 0 Å². The van der Waals surface area contributed by atoms with Crippen molar-refractivity contribution in [3.63, 3.8) is 0 Å². The Morgan fingerprint density at radius 1 is 0.528 bits per heavy atom. The van der Waals surface area contributed by atoms with E-state index in [0.717, 1.165) is 35.7 Å². The molecule has 0 fully saturated rings. The topological polar surface area (TPSA) is 17.1 Å². The molecule has 0 saturated carbocycles. The standard InChI is InChI=1S/C31H20Cl2OS2/c32-24-10-17-28(18-11-24)36-30-19-12-25(33)20-29(30)21-6-13-26(14-7-21)35-27-15-8-23(9-16-27)31(34)22-4-2-1-3-5-22/h1-20H. The number of hydrogen-bond acceptors (Lipinski definition) is 3. The summed E-state index contributed by atoms with van der Waals surface area (Å²) in [6.45, 7) is 0. The number of carbonyl (C=O) groups is 1. The molecule has 1 nitrogen and oxygen atoms in total. The van der Waals surface area contributed by atoms with Crippen molar-refractivity contribution < 1.29 is 4.79 Å². The molecule has 0 amide bonds. The Morgan fingerprint density at radius 3 is 1.72 bits per heavy atom. The average Bonchev–Trinajstić information content (AvgIpc) is 2.92. The largest absolute Gasteiger partial charge is 0.289 e. The fraction of sp³-hybridized carbons (Fsp3) is 0. The highest BCUT2D eigenvalue weighted by Gasteiger charge is 2.11. The van der Waals surface area contributed by atoms with Gasteiger partial charge in [-0.25, -0.2) is 0 Å². The molecule has 0 aromatic heterocycles. The van der Waals surface area contributed by atoms with Gasteiger partial charge in [-0.3, -0.25) is 4.79 Å². The van der Waals surface area contributed by atoms with Gasteiger partial charge in [0, 0.05) is 40.8 Å². The minimum absolute atomic E-state index is 0.0327. The van der Waals surface area contributed by atoms with E-state index in [4.69, 9.17) is 23.2 Å². The number of ketones is 1. The smallest absolute Gasteiger partial charge is 0.193 e. The minimum atomic E-state index is 0.0327. The summed E-state index contributed by atoms with van der Waals surface area (Å²) in [5, 5.41) is 1.43. The fourth-order valence-electron chi connectivity index (χ4n) is 3.72. The summed E-state index contributed by atoms with van der Waals surface area (Å²) in [6, 6.07) is 39.4. The van der Waals surface area contributed by atoms with Crippen LogP contribution in [0.15, 0.2) is 141 Å². The SMILES string of the molecule is O=C(c1ccccc1)c1ccc(Sc2ccc(-c3cc(Cl)ccc3Sc3ccc(Cl)cc3)cc2)cc1. The van der Waals surface area contributed by atoms with E-state index in [9.17, 15) is 4.79 Å². The van der Waals surface area contributed by atoms with E-state index in [1.165, 1.54) is 0 Å². The van der Waals surface area contributed by atoms with Crippen LogP contribution in [0.1, 0.15) is 15.9 Å². The lowest BCUT2D eigenvalue weighted by Crippen LogP contribution is -2.00. The molecule has 176 valence electrons. The summed E-state index contributed by atoms with van der Waals surface area (Å²) in [5.74, 6) is 0.0327.